The minimum atomic E-state index is -0.312. The summed E-state index contributed by atoms with van der Waals surface area (Å²) in [6.07, 6.45) is 0. The fraction of sp³-hybridized carbons (Fsp3) is 0.278. The number of rotatable bonds is 7. The predicted molar refractivity (Wildman–Crippen MR) is 94.4 cm³/mol. The molecule has 0 aliphatic rings. The maximum atomic E-state index is 12.8. The molecule has 1 N–H and O–H groups in total. The number of carbonyl (C=O) groups excluding carboxylic acids is 1. The first-order chi connectivity index (χ1) is 11.0. The Morgan fingerprint density at radius 1 is 1.13 bits per heavy atom. The molecule has 0 saturated carbocycles. The van der Waals surface area contributed by atoms with Crippen molar-refractivity contribution in [3.8, 4) is 0 Å². The molecule has 0 heterocycles. The van der Waals surface area contributed by atoms with E-state index in [2.05, 4.69) is 36.5 Å². The van der Waals surface area contributed by atoms with E-state index in [-0.39, 0.29) is 11.7 Å². The lowest BCUT2D eigenvalue weighted by Crippen LogP contribution is -2.31. The van der Waals surface area contributed by atoms with Crippen molar-refractivity contribution < 1.29 is 9.18 Å². The number of hydrogen-bond donors (Lipinski definition) is 1. The number of anilines is 1. The summed E-state index contributed by atoms with van der Waals surface area (Å²) < 4.78 is 12.8. The van der Waals surface area contributed by atoms with Gasteiger partial charge in [-0.2, -0.15) is 0 Å². The van der Waals surface area contributed by atoms with Crippen LogP contribution in [0.4, 0.5) is 10.1 Å². The van der Waals surface area contributed by atoms with E-state index >= 15 is 0 Å². The van der Waals surface area contributed by atoms with Gasteiger partial charge in [0.15, 0.2) is 0 Å². The first-order valence-corrected chi connectivity index (χ1v) is 8.45. The van der Waals surface area contributed by atoms with Crippen molar-refractivity contribution in [3.63, 3.8) is 0 Å². The molecule has 0 bridgehead atoms. The van der Waals surface area contributed by atoms with Crippen LogP contribution in [0.5, 0.6) is 0 Å². The first kappa shape index (κ1) is 17.5. The van der Waals surface area contributed by atoms with Crippen LogP contribution in [-0.2, 0) is 4.79 Å². The summed E-state index contributed by atoms with van der Waals surface area (Å²) in [5.74, 6) is 0.510. The third-order valence-electron chi connectivity index (χ3n) is 3.30. The van der Waals surface area contributed by atoms with E-state index in [0.29, 0.717) is 12.2 Å². The van der Waals surface area contributed by atoms with E-state index in [1.807, 2.05) is 11.9 Å². The molecule has 0 atom stereocenters. The summed E-state index contributed by atoms with van der Waals surface area (Å²) in [6, 6.07) is 14.2. The molecule has 0 saturated heterocycles. The number of nitrogens with one attached hydrogen (secondary N) is 1. The van der Waals surface area contributed by atoms with Gasteiger partial charge in [-0.05, 0) is 50.4 Å². The highest BCUT2D eigenvalue weighted by Crippen LogP contribution is 2.18. The Bertz CT molecular complexity index is 628. The molecule has 5 heteroatoms. The monoisotopic (exact) mass is 332 g/mol. The zero-order chi connectivity index (χ0) is 16.7. The molecule has 0 spiro atoms. The lowest BCUT2D eigenvalue weighted by atomic mass is 10.2. The van der Waals surface area contributed by atoms with Gasteiger partial charge in [0.2, 0.25) is 5.91 Å². The van der Waals surface area contributed by atoms with E-state index in [4.69, 9.17) is 0 Å². The maximum Gasteiger partial charge on any atom is 0.238 e. The molecule has 2 aromatic rings. The van der Waals surface area contributed by atoms with E-state index in [0.717, 1.165) is 12.3 Å². The van der Waals surface area contributed by atoms with Crippen LogP contribution >= 0.6 is 11.8 Å². The van der Waals surface area contributed by atoms with Gasteiger partial charge in [0, 0.05) is 22.9 Å². The van der Waals surface area contributed by atoms with Crippen LogP contribution in [0.15, 0.2) is 53.4 Å². The van der Waals surface area contributed by atoms with Crippen molar-refractivity contribution in [2.24, 2.45) is 0 Å². The van der Waals surface area contributed by atoms with Gasteiger partial charge in [-0.15, -0.1) is 11.8 Å². The van der Waals surface area contributed by atoms with Crippen molar-refractivity contribution in [1.29, 1.82) is 0 Å². The van der Waals surface area contributed by atoms with Gasteiger partial charge >= 0.3 is 0 Å². The molecule has 2 rings (SSSR count). The summed E-state index contributed by atoms with van der Waals surface area (Å²) in [4.78, 5) is 15.1. The van der Waals surface area contributed by atoms with Crippen molar-refractivity contribution in [2.75, 3.05) is 31.2 Å². The molecule has 2 aromatic carbocycles. The third kappa shape index (κ3) is 6.42. The number of benzene rings is 2. The fourth-order valence-electron chi connectivity index (χ4n) is 2.01. The Morgan fingerprint density at radius 2 is 1.78 bits per heavy atom. The molecule has 122 valence electrons. The Labute approximate surface area is 140 Å². The molecule has 23 heavy (non-hydrogen) atoms. The number of likely N-dealkylation sites (N-methyl/N-ethyl adjacent to an activating group) is 1. The first-order valence-electron chi connectivity index (χ1n) is 7.46. The normalized spacial score (nSPS) is 10.8. The van der Waals surface area contributed by atoms with Crippen LogP contribution in [-0.4, -0.2) is 36.7 Å². The Hall–Kier alpha value is -1.85. The lowest BCUT2D eigenvalue weighted by molar-refractivity contribution is -0.117. The molecule has 0 radical (unpaired) electrons. The number of carbonyl (C=O) groups is 1. The molecular weight excluding hydrogens is 311 g/mol. The second-order valence-electron chi connectivity index (χ2n) is 5.45. The molecule has 0 fully saturated rings. The number of nitrogens with zero attached hydrogens (tertiary/aromatic N) is 1. The molecule has 0 aromatic heterocycles. The zero-order valence-electron chi connectivity index (χ0n) is 13.4. The van der Waals surface area contributed by atoms with Gasteiger partial charge in [-0.1, -0.05) is 17.7 Å². The molecule has 0 aliphatic heterocycles. The summed E-state index contributed by atoms with van der Waals surface area (Å²) in [6.45, 7) is 3.20. The number of amides is 1. The predicted octanol–water partition coefficient (Wildman–Crippen LogP) is 3.80. The van der Waals surface area contributed by atoms with E-state index < -0.39 is 0 Å². The number of thioether (sulfide) groups is 1. The van der Waals surface area contributed by atoms with Gasteiger partial charge in [0.05, 0.1) is 6.54 Å². The second-order valence-corrected chi connectivity index (χ2v) is 6.62. The number of halogens is 1. The molecule has 1 amide bonds. The van der Waals surface area contributed by atoms with Gasteiger partial charge in [-0.3, -0.25) is 9.69 Å². The SMILES string of the molecule is Cc1ccc(SCCN(C)CC(=O)Nc2ccc(F)cc2)cc1. The molecular formula is C18H21FN2OS. The summed E-state index contributed by atoms with van der Waals surface area (Å²) in [5, 5.41) is 2.76. The standard InChI is InChI=1S/C18H21FN2OS/c1-14-3-9-17(10-4-14)23-12-11-21(2)13-18(22)20-16-7-5-15(19)6-8-16/h3-10H,11-13H2,1-2H3,(H,20,22). The Balaban J connectivity index is 1.69. The van der Waals surface area contributed by atoms with Crippen LogP contribution in [0, 0.1) is 12.7 Å². The van der Waals surface area contributed by atoms with Gasteiger partial charge in [0.25, 0.3) is 0 Å². The number of aryl methyl sites for hydroxylation is 1. The number of hydrogen-bond acceptors (Lipinski definition) is 3. The summed E-state index contributed by atoms with van der Waals surface area (Å²) in [7, 11) is 1.92. The smallest absolute Gasteiger partial charge is 0.238 e. The van der Waals surface area contributed by atoms with Gasteiger partial charge in [-0.25, -0.2) is 4.39 Å². The molecule has 0 unspecified atom stereocenters. The van der Waals surface area contributed by atoms with Crippen LogP contribution < -0.4 is 5.32 Å². The molecule has 0 aliphatic carbocycles. The van der Waals surface area contributed by atoms with Crippen molar-refractivity contribution in [2.45, 2.75) is 11.8 Å². The summed E-state index contributed by atoms with van der Waals surface area (Å²) >= 11 is 1.78. The van der Waals surface area contributed by atoms with E-state index in [9.17, 15) is 9.18 Å². The van der Waals surface area contributed by atoms with E-state index in [1.54, 1.807) is 23.9 Å². The average Bonchev–Trinajstić information content (AvgIpc) is 2.51. The van der Waals surface area contributed by atoms with Crippen molar-refractivity contribution in [1.82, 2.24) is 4.90 Å². The Kier molecular flexibility index (Phi) is 6.62. The summed E-state index contributed by atoms with van der Waals surface area (Å²) in [5.41, 5.74) is 1.86. The molecule has 3 nitrogen and oxygen atoms in total. The lowest BCUT2D eigenvalue weighted by Gasteiger charge is -2.16. The maximum absolute atomic E-state index is 12.8. The van der Waals surface area contributed by atoms with Crippen molar-refractivity contribution >= 4 is 23.4 Å². The van der Waals surface area contributed by atoms with Crippen LogP contribution in [0.25, 0.3) is 0 Å². The highest BCUT2D eigenvalue weighted by molar-refractivity contribution is 7.99. The fourth-order valence-corrected chi connectivity index (χ4v) is 2.98. The second kappa shape index (κ2) is 8.70. The Morgan fingerprint density at radius 3 is 2.43 bits per heavy atom. The highest BCUT2D eigenvalue weighted by atomic mass is 32.2. The third-order valence-corrected chi connectivity index (χ3v) is 4.30. The minimum Gasteiger partial charge on any atom is -0.325 e. The quantitative estimate of drug-likeness (QED) is 0.783. The average molecular weight is 332 g/mol. The van der Waals surface area contributed by atoms with Crippen LogP contribution in [0.1, 0.15) is 5.56 Å². The highest BCUT2D eigenvalue weighted by Gasteiger charge is 2.07. The zero-order valence-corrected chi connectivity index (χ0v) is 14.2. The van der Waals surface area contributed by atoms with Crippen LogP contribution in [0.2, 0.25) is 0 Å². The topological polar surface area (TPSA) is 32.3 Å². The van der Waals surface area contributed by atoms with Crippen molar-refractivity contribution in [3.05, 3.63) is 59.9 Å². The largest absolute Gasteiger partial charge is 0.325 e. The minimum absolute atomic E-state index is 0.0977. The van der Waals surface area contributed by atoms with E-state index in [1.165, 1.54) is 22.6 Å². The van der Waals surface area contributed by atoms with Crippen LogP contribution in [0.3, 0.4) is 0 Å². The van der Waals surface area contributed by atoms with Gasteiger partial charge in [0.1, 0.15) is 5.82 Å². The van der Waals surface area contributed by atoms with Gasteiger partial charge < -0.3 is 5.32 Å².